The van der Waals surface area contributed by atoms with Gasteiger partial charge >= 0.3 is 6.09 Å². The highest BCUT2D eigenvalue weighted by atomic mass is 16.6. The number of amides is 1. The molecule has 0 bridgehead atoms. The molecule has 1 atom stereocenters. The van der Waals surface area contributed by atoms with Crippen LogP contribution in [0.25, 0.3) is 0 Å². The van der Waals surface area contributed by atoms with Crippen molar-refractivity contribution in [3.05, 3.63) is 47.1 Å². The Morgan fingerprint density at radius 2 is 1.96 bits per heavy atom. The van der Waals surface area contributed by atoms with Crippen molar-refractivity contribution in [3.63, 3.8) is 0 Å². The number of hydrogen-bond donors (Lipinski definition) is 0. The van der Waals surface area contributed by atoms with E-state index in [1.807, 2.05) is 27.7 Å². The first-order valence-corrected chi connectivity index (χ1v) is 9.85. The first-order valence-electron chi connectivity index (χ1n) is 9.85. The third-order valence-corrected chi connectivity index (χ3v) is 4.82. The van der Waals surface area contributed by atoms with Gasteiger partial charge in [-0.25, -0.2) is 4.79 Å². The van der Waals surface area contributed by atoms with Gasteiger partial charge in [0.05, 0.1) is 12.6 Å². The van der Waals surface area contributed by atoms with Crippen molar-refractivity contribution in [2.45, 2.75) is 59.2 Å². The first-order chi connectivity index (χ1) is 13.2. The highest BCUT2D eigenvalue weighted by Gasteiger charge is 2.33. The van der Waals surface area contributed by atoms with Crippen LogP contribution in [-0.2, 0) is 17.7 Å². The second kappa shape index (κ2) is 8.31. The lowest BCUT2D eigenvalue weighted by atomic mass is 10.00. The van der Waals surface area contributed by atoms with E-state index < -0.39 is 5.60 Å². The molecule has 0 aliphatic carbocycles. The van der Waals surface area contributed by atoms with Crippen LogP contribution in [-0.4, -0.2) is 51.3 Å². The van der Waals surface area contributed by atoms with Gasteiger partial charge in [-0.1, -0.05) is 36.3 Å². The van der Waals surface area contributed by atoms with Crippen molar-refractivity contribution >= 4 is 6.09 Å². The van der Waals surface area contributed by atoms with Crippen LogP contribution in [0.4, 0.5) is 4.79 Å². The molecular formula is C21H30N4O3. The fraction of sp³-hybridized carbons (Fsp3) is 0.571. The predicted octanol–water partition coefficient (Wildman–Crippen LogP) is 3.73. The molecule has 152 valence electrons. The maximum absolute atomic E-state index is 12.6. The van der Waals surface area contributed by atoms with Gasteiger partial charge in [0.2, 0.25) is 5.89 Å². The number of ether oxygens (including phenoxy) is 1. The Morgan fingerprint density at radius 3 is 2.54 bits per heavy atom. The van der Waals surface area contributed by atoms with E-state index in [1.54, 1.807) is 4.90 Å². The molecule has 1 amide bonds. The molecular weight excluding hydrogens is 356 g/mol. The predicted molar refractivity (Wildman–Crippen MR) is 106 cm³/mol. The third-order valence-electron chi connectivity index (χ3n) is 4.82. The quantitative estimate of drug-likeness (QED) is 0.797. The normalized spacial score (nSPS) is 18.3. The summed E-state index contributed by atoms with van der Waals surface area (Å²) in [6.45, 7) is 12.1. The van der Waals surface area contributed by atoms with E-state index in [0.717, 1.165) is 6.42 Å². The summed E-state index contributed by atoms with van der Waals surface area (Å²) in [5, 5.41) is 3.89. The minimum Gasteiger partial charge on any atom is -0.444 e. The smallest absolute Gasteiger partial charge is 0.410 e. The molecule has 28 heavy (non-hydrogen) atoms. The van der Waals surface area contributed by atoms with Gasteiger partial charge in [0, 0.05) is 19.6 Å². The molecule has 1 fully saturated rings. The van der Waals surface area contributed by atoms with Gasteiger partial charge in [0.1, 0.15) is 5.60 Å². The molecule has 7 heteroatoms. The number of rotatable bonds is 4. The molecule has 1 aliphatic rings. The Morgan fingerprint density at radius 1 is 1.25 bits per heavy atom. The SMILES string of the molecule is CCc1ccc(C2CN(C(=O)OC(C)(C)C)CCN2Cc2nc(C)no2)cc1. The van der Waals surface area contributed by atoms with E-state index in [1.165, 1.54) is 11.1 Å². The van der Waals surface area contributed by atoms with Gasteiger partial charge in [0.15, 0.2) is 5.82 Å². The maximum atomic E-state index is 12.6. The van der Waals surface area contributed by atoms with E-state index in [4.69, 9.17) is 9.26 Å². The molecule has 2 aromatic rings. The Kier molecular flexibility index (Phi) is 6.03. The van der Waals surface area contributed by atoms with E-state index >= 15 is 0 Å². The molecule has 0 radical (unpaired) electrons. The van der Waals surface area contributed by atoms with E-state index in [0.29, 0.717) is 37.9 Å². The number of aryl methyl sites for hydroxylation is 2. The molecule has 0 saturated carbocycles. The second-order valence-electron chi connectivity index (χ2n) is 8.24. The Labute approximate surface area is 166 Å². The average molecular weight is 386 g/mol. The van der Waals surface area contributed by atoms with Crippen LogP contribution in [0.1, 0.15) is 56.6 Å². The van der Waals surface area contributed by atoms with E-state index in [2.05, 4.69) is 46.2 Å². The number of carbonyl (C=O) groups excluding carboxylic acids is 1. The second-order valence-corrected chi connectivity index (χ2v) is 8.24. The fourth-order valence-electron chi connectivity index (χ4n) is 3.37. The van der Waals surface area contributed by atoms with E-state index in [9.17, 15) is 4.79 Å². The number of aromatic nitrogens is 2. The largest absolute Gasteiger partial charge is 0.444 e. The monoisotopic (exact) mass is 386 g/mol. The lowest BCUT2D eigenvalue weighted by molar-refractivity contribution is 0.000514. The van der Waals surface area contributed by atoms with Crippen molar-refractivity contribution in [3.8, 4) is 0 Å². The number of nitrogens with zero attached hydrogens (tertiary/aromatic N) is 4. The topological polar surface area (TPSA) is 71.7 Å². The third kappa shape index (κ3) is 5.10. The number of carbonyl (C=O) groups is 1. The molecule has 1 aromatic carbocycles. The van der Waals surface area contributed by atoms with Crippen LogP contribution in [0.5, 0.6) is 0 Å². The summed E-state index contributed by atoms with van der Waals surface area (Å²) >= 11 is 0. The van der Waals surface area contributed by atoms with Crippen LogP contribution in [0.3, 0.4) is 0 Å². The van der Waals surface area contributed by atoms with Crippen molar-refractivity contribution < 1.29 is 14.1 Å². The summed E-state index contributed by atoms with van der Waals surface area (Å²) in [6, 6.07) is 8.63. The van der Waals surface area contributed by atoms with Crippen LogP contribution < -0.4 is 0 Å². The van der Waals surface area contributed by atoms with Crippen LogP contribution in [0.2, 0.25) is 0 Å². The van der Waals surface area contributed by atoms with Crippen molar-refractivity contribution in [2.75, 3.05) is 19.6 Å². The summed E-state index contributed by atoms with van der Waals surface area (Å²) in [6.07, 6.45) is 0.732. The summed E-state index contributed by atoms with van der Waals surface area (Å²) in [4.78, 5) is 21.0. The summed E-state index contributed by atoms with van der Waals surface area (Å²) in [5.74, 6) is 1.23. The van der Waals surface area contributed by atoms with Gasteiger partial charge in [-0.05, 0) is 45.2 Å². The first kappa shape index (κ1) is 20.3. The van der Waals surface area contributed by atoms with Crippen LogP contribution >= 0.6 is 0 Å². The minimum absolute atomic E-state index is 0.0411. The highest BCUT2D eigenvalue weighted by molar-refractivity contribution is 5.68. The Bertz CT molecular complexity index is 795. The zero-order chi connectivity index (χ0) is 20.3. The molecule has 7 nitrogen and oxygen atoms in total. The average Bonchev–Trinajstić information content (AvgIpc) is 3.05. The standard InChI is InChI=1S/C21H30N4O3/c1-6-16-7-9-17(10-8-16)18-13-25(20(26)27-21(3,4)5)12-11-24(18)14-19-22-15(2)23-28-19/h7-10,18H,6,11-14H2,1-5H3. The lowest BCUT2D eigenvalue weighted by Gasteiger charge is -2.41. The van der Waals surface area contributed by atoms with Crippen LogP contribution in [0, 0.1) is 6.92 Å². The zero-order valence-electron chi connectivity index (χ0n) is 17.4. The highest BCUT2D eigenvalue weighted by Crippen LogP contribution is 2.28. The number of hydrogen-bond acceptors (Lipinski definition) is 6. The molecule has 1 aromatic heterocycles. The van der Waals surface area contributed by atoms with Gasteiger partial charge in [0.25, 0.3) is 0 Å². The lowest BCUT2D eigenvalue weighted by Crippen LogP contribution is -2.51. The van der Waals surface area contributed by atoms with Crippen molar-refractivity contribution in [1.82, 2.24) is 19.9 Å². The van der Waals surface area contributed by atoms with E-state index in [-0.39, 0.29) is 12.1 Å². The zero-order valence-corrected chi connectivity index (χ0v) is 17.4. The summed E-state index contributed by atoms with van der Waals surface area (Å²) < 4.78 is 10.9. The Hall–Kier alpha value is -2.41. The summed E-state index contributed by atoms with van der Waals surface area (Å²) in [7, 11) is 0. The van der Waals surface area contributed by atoms with Gasteiger partial charge in [-0.2, -0.15) is 4.98 Å². The molecule has 1 unspecified atom stereocenters. The molecule has 1 saturated heterocycles. The fourth-order valence-corrected chi connectivity index (χ4v) is 3.37. The van der Waals surface area contributed by atoms with Crippen molar-refractivity contribution in [2.24, 2.45) is 0 Å². The van der Waals surface area contributed by atoms with Gasteiger partial charge in [-0.15, -0.1) is 0 Å². The Balaban J connectivity index is 1.80. The summed E-state index contributed by atoms with van der Waals surface area (Å²) in [5.41, 5.74) is 1.96. The molecule has 1 aliphatic heterocycles. The van der Waals surface area contributed by atoms with Gasteiger partial charge < -0.3 is 14.2 Å². The van der Waals surface area contributed by atoms with Crippen LogP contribution in [0.15, 0.2) is 28.8 Å². The molecule has 3 rings (SSSR count). The molecule has 2 heterocycles. The number of piperazine rings is 1. The molecule has 0 N–H and O–H groups in total. The minimum atomic E-state index is -0.506. The van der Waals surface area contributed by atoms with Gasteiger partial charge in [-0.3, -0.25) is 4.90 Å². The maximum Gasteiger partial charge on any atom is 0.410 e. The van der Waals surface area contributed by atoms with Crippen molar-refractivity contribution in [1.29, 1.82) is 0 Å². The number of benzene rings is 1. The molecule has 0 spiro atoms.